The monoisotopic (exact) mass is 123 g/mol. The molecule has 7 heavy (non-hydrogen) atoms. The lowest BCUT2D eigenvalue weighted by atomic mass is 11.0. The maximum atomic E-state index is 4.97. The average molecular weight is 124 g/mol. The quantitative estimate of drug-likeness (QED) is 0.427. The summed E-state index contributed by atoms with van der Waals surface area (Å²) in [5, 5.41) is 1.00. The molecule has 0 fully saturated rings. The van der Waals surface area contributed by atoms with Crippen molar-refractivity contribution < 1.29 is 4.84 Å². The standard InChI is InChI=1S/C2H5N3O.ClH/c3-5-4-1-2-6-5;/h1-2,4H,3H2;1H. The molecule has 0 unspecified atom stereocenters. The van der Waals surface area contributed by atoms with E-state index in [1.54, 1.807) is 6.20 Å². The van der Waals surface area contributed by atoms with Crippen molar-refractivity contribution >= 4 is 12.4 Å². The maximum Gasteiger partial charge on any atom is 0.133 e. The van der Waals surface area contributed by atoms with Gasteiger partial charge < -0.3 is 4.84 Å². The summed E-state index contributed by atoms with van der Waals surface area (Å²) >= 11 is 0. The van der Waals surface area contributed by atoms with Crippen LogP contribution in [0.2, 0.25) is 0 Å². The number of hydrogen-bond acceptors (Lipinski definition) is 4. The number of nitrogens with two attached hydrogens (primary N) is 1. The number of hydrogen-bond donors (Lipinski definition) is 2. The number of nitrogens with one attached hydrogen (secondary N) is 1. The van der Waals surface area contributed by atoms with Gasteiger partial charge in [0.15, 0.2) is 0 Å². The Kier molecular flexibility index (Phi) is 2.51. The summed E-state index contributed by atoms with van der Waals surface area (Å²) in [5.74, 6) is 4.97. The molecule has 1 aliphatic heterocycles. The van der Waals surface area contributed by atoms with E-state index in [2.05, 4.69) is 10.3 Å². The van der Waals surface area contributed by atoms with Gasteiger partial charge in [0.25, 0.3) is 0 Å². The minimum atomic E-state index is 0. The second kappa shape index (κ2) is 2.68. The normalized spacial score (nSPS) is 17.3. The third-order valence-electron chi connectivity index (χ3n) is 0.444. The Morgan fingerprint density at radius 2 is 2.43 bits per heavy atom. The van der Waals surface area contributed by atoms with Gasteiger partial charge in [0.2, 0.25) is 0 Å². The van der Waals surface area contributed by atoms with Crippen molar-refractivity contribution in [2.75, 3.05) is 0 Å². The number of nitrogens with zero attached hydrogens (tertiary/aromatic N) is 1. The smallest absolute Gasteiger partial charge is 0.133 e. The van der Waals surface area contributed by atoms with Crippen molar-refractivity contribution in [3.05, 3.63) is 12.5 Å². The highest BCUT2D eigenvalue weighted by Gasteiger charge is 1.94. The van der Waals surface area contributed by atoms with Crippen molar-refractivity contribution in [3.63, 3.8) is 0 Å². The van der Waals surface area contributed by atoms with Gasteiger partial charge in [-0.3, -0.25) is 5.43 Å². The average Bonchev–Trinajstić information content (AvgIpc) is 1.86. The highest BCUT2D eigenvalue weighted by Crippen LogP contribution is 1.83. The van der Waals surface area contributed by atoms with Gasteiger partial charge >= 0.3 is 0 Å². The first-order chi connectivity index (χ1) is 2.89. The molecule has 1 heterocycles. The molecule has 0 amide bonds. The lowest BCUT2D eigenvalue weighted by molar-refractivity contribution is -0.115. The van der Waals surface area contributed by atoms with Crippen LogP contribution in [0.25, 0.3) is 0 Å². The Balaban J connectivity index is 0.000000360. The van der Waals surface area contributed by atoms with Crippen LogP contribution in [0, 0.1) is 0 Å². The Hall–Kier alpha value is -0.450. The van der Waals surface area contributed by atoms with Gasteiger partial charge in [-0.1, -0.05) is 0 Å². The van der Waals surface area contributed by atoms with Crippen LogP contribution in [0.4, 0.5) is 0 Å². The van der Waals surface area contributed by atoms with Crippen LogP contribution >= 0.6 is 12.4 Å². The molecule has 0 saturated carbocycles. The fourth-order valence-corrected chi connectivity index (χ4v) is 0.230. The van der Waals surface area contributed by atoms with Crippen LogP contribution < -0.4 is 11.3 Å². The zero-order valence-corrected chi connectivity index (χ0v) is 4.31. The summed E-state index contributed by atoms with van der Waals surface area (Å²) in [6.45, 7) is 0. The van der Waals surface area contributed by atoms with Gasteiger partial charge in [-0.25, -0.2) is 5.84 Å². The molecule has 3 N–H and O–H groups in total. The summed E-state index contributed by atoms with van der Waals surface area (Å²) in [6.07, 6.45) is 3.03. The first-order valence-corrected chi connectivity index (χ1v) is 1.52. The predicted octanol–water partition coefficient (Wildman–Crippen LogP) is -0.495. The summed E-state index contributed by atoms with van der Waals surface area (Å²) in [5.41, 5.74) is 2.53. The van der Waals surface area contributed by atoms with E-state index in [0.29, 0.717) is 0 Å². The minimum Gasteiger partial charge on any atom is -0.378 e. The summed E-state index contributed by atoms with van der Waals surface area (Å²) < 4.78 is 0. The Labute approximate surface area is 47.2 Å². The molecule has 0 bridgehead atoms. The van der Waals surface area contributed by atoms with E-state index in [0.717, 1.165) is 5.28 Å². The van der Waals surface area contributed by atoms with Crippen molar-refractivity contribution in [1.82, 2.24) is 10.7 Å². The van der Waals surface area contributed by atoms with Crippen molar-refractivity contribution in [2.45, 2.75) is 0 Å². The fourth-order valence-electron chi connectivity index (χ4n) is 0.230. The van der Waals surface area contributed by atoms with Crippen molar-refractivity contribution in [3.8, 4) is 0 Å². The molecule has 0 aromatic rings. The molecule has 5 heteroatoms. The zero-order valence-electron chi connectivity index (χ0n) is 3.50. The van der Waals surface area contributed by atoms with E-state index < -0.39 is 0 Å². The second-order valence-corrected chi connectivity index (χ2v) is 0.863. The molecule has 0 saturated heterocycles. The van der Waals surface area contributed by atoms with Gasteiger partial charge in [-0.2, -0.15) is 0 Å². The van der Waals surface area contributed by atoms with E-state index in [1.165, 1.54) is 6.26 Å². The minimum absolute atomic E-state index is 0. The summed E-state index contributed by atoms with van der Waals surface area (Å²) in [6, 6.07) is 0. The molecular formula is C2H6ClN3O. The highest BCUT2D eigenvalue weighted by molar-refractivity contribution is 5.85. The van der Waals surface area contributed by atoms with E-state index in [4.69, 9.17) is 5.84 Å². The Bertz CT molecular complexity index is 67.3. The zero-order chi connectivity index (χ0) is 4.41. The number of hydrazine groups is 2. The van der Waals surface area contributed by atoms with Crippen molar-refractivity contribution in [2.24, 2.45) is 5.84 Å². The molecule has 0 atom stereocenters. The molecule has 1 aliphatic rings. The molecule has 1 rings (SSSR count). The third-order valence-corrected chi connectivity index (χ3v) is 0.444. The molecule has 0 aromatic carbocycles. The van der Waals surface area contributed by atoms with E-state index in [-0.39, 0.29) is 12.4 Å². The van der Waals surface area contributed by atoms with Gasteiger partial charge in [-0.05, 0) is 0 Å². The van der Waals surface area contributed by atoms with E-state index in [1.807, 2.05) is 0 Å². The lowest BCUT2D eigenvalue weighted by Gasteiger charge is -2.02. The van der Waals surface area contributed by atoms with Gasteiger partial charge in [0, 0.05) is 5.28 Å². The fraction of sp³-hybridized carbons (Fsp3) is 0. The highest BCUT2D eigenvalue weighted by atomic mass is 35.5. The largest absolute Gasteiger partial charge is 0.378 e. The maximum absolute atomic E-state index is 4.97. The first-order valence-electron chi connectivity index (χ1n) is 1.52. The SMILES string of the molecule is Cl.NN1NC=CO1. The van der Waals surface area contributed by atoms with Gasteiger partial charge in [-0.15, -0.1) is 12.4 Å². The van der Waals surface area contributed by atoms with Crippen LogP contribution in [0.5, 0.6) is 0 Å². The van der Waals surface area contributed by atoms with Crippen LogP contribution in [0.3, 0.4) is 0 Å². The third kappa shape index (κ3) is 1.63. The van der Waals surface area contributed by atoms with Gasteiger partial charge in [0.05, 0.1) is 6.20 Å². The first kappa shape index (κ1) is 6.55. The predicted molar refractivity (Wildman–Crippen MR) is 26.6 cm³/mol. The van der Waals surface area contributed by atoms with Crippen molar-refractivity contribution in [1.29, 1.82) is 0 Å². The Morgan fingerprint density at radius 3 is 2.57 bits per heavy atom. The lowest BCUT2D eigenvalue weighted by Crippen LogP contribution is -2.34. The second-order valence-electron chi connectivity index (χ2n) is 0.863. The van der Waals surface area contributed by atoms with Gasteiger partial charge in [0.1, 0.15) is 6.26 Å². The van der Waals surface area contributed by atoms with E-state index >= 15 is 0 Å². The van der Waals surface area contributed by atoms with Crippen LogP contribution in [0.15, 0.2) is 12.5 Å². The van der Waals surface area contributed by atoms with E-state index in [9.17, 15) is 0 Å². The molecule has 42 valence electrons. The topological polar surface area (TPSA) is 50.5 Å². The number of rotatable bonds is 0. The summed E-state index contributed by atoms with van der Waals surface area (Å²) in [7, 11) is 0. The van der Waals surface area contributed by atoms with Crippen LogP contribution in [-0.2, 0) is 4.84 Å². The summed E-state index contributed by atoms with van der Waals surface area (Å²) in [4.78, 5) is 4.47. The molecular weight excluding hydrogens is 117 g/mol. The van der Waals surface area contributed by atoms with Crippen LogP contribution in [0.1, 0.15) is 0 Å². The molecule has 0 aromatic heterocycles. The molecule has 0 aliphatic carbocycles. The molecule has 4 nitrogen and oxygen atoms in total. The Morgan fingerprint density at radius 1 is 1.71 bits per heavy atom. The molecule has 0 spiro atoms. The van der Waals surface area contributed by atoms with Crippen LogP contribution in [-0.4, -0.2) is 5.28 Å². The molecule has 0 radical (unpaired) electrons. The number of halogens is 1.